The van der Waals surface area contributed by atoms with Crippen LogP contribution in [0.2, 0.25) is 5.02 Å². The molecule has 0 aliphatic carbocycles. The molecule has 0 bridgehead atoms. The van der Waals surface area contributed by atoms with Gasteiger partial charge in [-0.1, -0.05) is 11.6 Å². The SMILES string of the molecule is CCOC(=O)c1c(Cl)ccnc1[N+](=O)[O-]. The van der Waals surface area contributed by atoms with Crippen LogP contribution in [0.4, 0.5) is 5.82 Å². The maximum atomic E-state index is 11.3. The molecule has 1 rings (SSSR count). The molecule has 0 amide bonds. The second-order valence-electron chi connectivity index (χ2n) is 2.47. The fourth-order valence-electron chi connectivity index (χ4n) is 0.958. The maximum absolute atomic E-state index is 11.3. The number of esters is 1. The van der Waals surface area contributed by atoms with Crippen LogP contribution in [-0.2, 0) is 4.74 Å². The van der Waals surface area contributed by atoms with Crippen molar-refractivity contribution in [3.8, 4) is 0 Å². The third-order valence-electron chi connectivity index (χ3n) is 1.53. The van der Waals surface area contributed by atoms with Crippen LogP contribution in [0.15, 0.2) is 12.3 Å². The third kappa shape index (κ3) is 2.41. The lowest BCUT2D eigenvalue weighted by atomic mass is 10.2. The maximum Gasteiger partial charge on any atom is 0.379 e. The quantitative estimate of drug-likeness (QED) is 0.449. The van der Waals surface area contributed by atoms with Crippen molar-refractivity contribution in [2.24, 2.45) is 0 Å². The number of carbonyl (C=O) groups excluding carboxylic acids is 1. The van der Waals surface area contributed by atoms with E-state index in [-0.39, 0.29) is 17.2 Å². The molecule has 0 atom stereocenters. The van der Waals surface area contributed by atoms with Gasteiger partial charge in [0.25, 0.3) is 0 Å². The molecule has 0 radical (unpaired) electrons. The Labute approximate surface area is 90.0 Å². The average molecular weight is 231 g/mol. The standard InChI is InChI=1S/C8H7ClN2O4/c1-2-15-8(12)6-5(9)3-4-10-7(6)11(13)14/h3-4H,2H2,1H3. The van der Waals surface area contributed by atoms with Crippen LogP contribution >= 0.6 is 11.6 Å². The Morgan fingerprint density at radius 1 is 1.73 bits per heavy atom. The first-order valence-electron chi connectivity index (χ1n) is 4.04. The van der Waals surface area contributed by atoms with Gasteiger partial charge in [0.15, 0.2) is 5.56 Å². The largest absolute Gasteiger partial charge is 0.462 e. The number of pyridine rings is 1. The summed E-state index contributed by atoms with van der Waals surface area (Å²) in [6.07, 6.45) is 1.16. The molecule has 7 heteroatoms. The molecule has 0 fully saturated rings. The average Bonchev–Trinajstić information content (AvgIpc) is 2.17. The van der Waals surface area contributed by atoms with E-state index < -0.39 is 16.7 Å². The van der Waals surface area contributed by atoms with Gasteiger partial charge >= 0.3 is 11.8 Å². The zero-order chi connectivity index (χ0) is 11.4. The highest BCUT2D eigenvalue weighted by Gasteiger charge is 2.25. The number of rotatable bonds is 3. The smallest absolute Gasteiger partial charge is 0.379 e. The Bertz CT molecular complexity index is 408. The number of ether oxygens (including phenoxy) is 1. The van der Waals surface area contributed by atoms with Gasteiger partial charge in [0.2, 0.25) is 0 Å². The number of nitrogens with zero attached hydrogens (tertiary/aromatic N) is 2. The summed E-state index contributed by atoms with van der Waals surface area (Å²) in [4.78, 5) is 24.6. The summed E-state index contributed by atoms with van der Waals surface area (Å²) in [6, 6.07) is 1.29. The Morgan fingerprint density at radius 2 is 2.40 bits per heavy atom. The minimum atomic E-state index is -0.845. The highest BCUT2D eigenvalue weighted by molar-refractivity contribution is 6.34. The predicted molar refractivity (Wildman–Crippen MR) is 51.9 cm³/mol. The van der Waals surface area contributed by atoms with Crippen LogP contribution < -0.4 is 0 Å². The van der Waals surface area contributed by atoms with Crippen molar-refractivity contribution in [3.05, 3.63) is 33.0 Å². The molecule has 0 aromatic carbocycles. The molecule has 0 saturated carbocycles. The fraction of sp³-hybridized carbons (Fsp3) is 0.250. The number of carbonyl (C=O) groups is 1. The van der Waals surface area contributed by atoms with Gasteiger partial charge in [-0.2, -0.15) is 0 Å². The van der Waals surface area contributed by atoms with Gasteiger partial charge in [0, 0.05) is 6.07 Å². The Balaban J connectivity index is 3.24. The minimum absolute atomic E-state index is 0.0462. The van der Waals surface area contributed by atoms with Gasteiger partial charge in [-0.05, 0) is 16.8 Å². The second-order valence-corrected chi connectivity index (χ2v) is 2.88. The van der Waals surface area contributed by atoms with Crippen molar-refractivity contribution in [1.82, 2.24) is 4.98 Å². The van der Waals surface area contributed by atoms with Gasteiger partial charge in [0.1, 0.15) is 6.20 Å². The Hall–Kier alpha value is -1.69. The summed E-state index contributed by atoms with van der Waals surface area (Å²) in [6.45, 7) is 1.70. The summed E-state index contributed by atoms with van der Waals surface area (Å²) in [7, 11) is 0. The first-order chi connectivity index (χ1) is 7.07. The molecular formula is C8H7ClN2O4. The molecule has 0 spiro atoms. The number of hydrogen-bond acceptors (Lipinski definition) is 5. The molecule has 0 N–H and O–H groups in total. The first kappa shape index (κ1) is 11.4. The minimum Gasteiger partial charge on any atom is -0.462 e. The van der Waals surface area contributed by atoms with Crippen molar-refractivity contribution in [2.45, 2.75) is 6.92 Å². The summed E-state index contributed by atoms with van der Waals surface area (Å²) < 4.78 is 4.63. The van der Waals surface area contributed by atoms with E-state index in [0.717, 1.165) is 6.20 Å². The highest BCUT2D eigenvalue weighted by Crippen LogP contribution is 2.24. The summed E-state index contributed by atoms with van der Waals surface area (Å²) in [5, 5.41) is 10.5. The van der Waals surface area contributed by atoms with Gasteiger partial charge in [-0.3, -0.25) is 0 Å². The van der Waals surface area contributed by atoms with Crippen molar-refractivity contribution in [2.75, 3.05) is 6.61 Å². The first-order valence-corrected chi connectivity index (χ1v) is 4.41. The number of halogens is 1. The lowest BCUT2D eigenvalue weighted by Gasteiger charge is -2.03. The van der Waals surface area contributed by atoms with Crippen LogP contribution in [0, 0.1) is 10.1 Å². The molecule has 80 valence electrons. The molecule has 1 heterocycles. The molecule has 15 heavy (non-hydrogen) atoms. The molecule has 1 aromatic heterocycles. The van der Waals surface area contributed by atoms with Crippen LogP contribution in [0.5, 0.6) is 0 Å². The highest BCUT2D eigenvalue weighted by atomic mass is 35.5. The van der Waals surface area contributed by atoms with Gasteiger partial charge in [-0.25, -0.2) is 4.79 Å². The number of hydrogen-bond donors (Lipinski definition) is 0. The molecule has 0 aliphatic rings. The van der Waals surface area contributed by atoms with Crippen molar-refractivity contribution < 1.29 is 14.5 Å². The lowest BCUT2D eigenvalue weighted by molar-refractivity contribution is -0.389. The van der Waals surface area contributed by atoms with E-state index in [2.05, 4.69) is 9.72 Å². The van der Waals surface area contributed by atoms with Gasteiger partial charge in [0.05, 0.1) is 11.6 Å². The van der Waals surface area contributed by atoms with E-state index in [1.54, 1.807) is 6.92 Å². The molecule has 0 aliphatic heterocycles. The van der Waals surface area contributed by atoms with E-state index in [9.17, 15) is 14.9 Å². The van der Waals surface area contributed by atoms with Crippen LogP contribution in [0.3, 0.4) is 0 Å². The van der Waals surface area contributed by atoms with Crippen LogP contribution in [0.1, 0.15) is 17.3 Å². The third-order valence-corrected chi connectivity index (χ3v) is 1.85. The Kier molecular flexibility index (Phi) is 3.56. The monoisotopic (exact) mass is 230 g/mol. The Morgan fingerprint density at radius 3 is 2.93 bits per heavy atom. The second kappa shape index (κ2) is 4.70. The normalized spacial score (nSPS) is 9.73. The summed E-state index contributed by atoms with van der Waals surface area (Å²) in [5.41, 5.74) is -0.314. The number of aromatic nitrogens is 1. The number of nitro groups is 1. The van der Waals surface area contributed by atoms with Gasteiger partial charge < -0.3 is 14.9 Å². The van der Waals surface area contributed by atoms with Crippen LogP contribution in [-0.4, -0.2) is 22.5 Å². The zero-order valence-corrected chi connectivity index (χ0v) is 8.52. The predicted octanol–water partition coefficient (Wildman–Crippen LogP) is 1.82. The summed E-state index contributed by atoms with van der Waals surface area (Å²) >= 11 is 5.66. The van der Waals surface area contributed by atoms with Crippen molar-refractivity contribution >= 4 is 23.4 Å². The molecule has 6 nitrogen and oxygen atoms in total. The molecule has 0 saturated heterocycles. The molecular weight excluding hydrogens is 224 g/mol. The van der Waals surface area contributed by atoms with E-state index in [1.165, 1.54) is 6.07 Å². The zero-order valence-electron chi connectivity index (χ0n) is 7.77. The van der Waals surface area contributed by atoms with Crippen molar-refractivity contribution in [1.29, 1.82) is 0 Å². The van der Waals surface area contributed by atoms with Gasteiger partial charge in [-0.15, -0.1) is 0 Å². The fourth-order valence-corrected chi connectivity index (χ4v) is 1.18. The van der Waals surface area contributed by atoms with E-state index in [0.29, 0.717) is 0 Å². The molecule has 1 aromatic rings. The van der Waals surface area contributed by atoms with E-state index in [4.69, 9.17) is 11.6 Å². The lowest BCUT2D eigenvalue weighted by Crippen LogP contribution is -2.09. The summed E-state index contributed by atoms with van der Waals surface area (Å²) in [5.74, 6) is -1.44. The topological polar surface area (TPSA) is 82.3 Å². The molecule has 0 unspecified atom stereocenters. The van der Waals surface area contributed by atoms with E-state index in [1.807, 2.05) is 0 Å². The van der Waals surface area contributed by atoms with Crippen LogP contribution in [0.25, 0.3) is 0 Å². The van der Waals surface area contributed by atoms with E-state index >= 15 is 0 Å². The van der Waals surface area contributed by atoms with Crippen molar-refractivity contribution in [3.63, 3.8) is 0 Å².